The first-order valence-corrected chi connectivity index (χ1v) is 5.80. The van der Waals surface area contributed by atoms with Gasteiger partial charge < -0.3 is 15.5 Å². The van der Waals surface area contributed by atoms with Crippen LogP contribution in [0.4, 0.5) is 11.6 Å². The smallest absolute Gasteiger partial charge is 0.239 e. The van der Waals surface area contributed by atoms with Crippen molar-refractivity contribution in [2.45, 2.75) is 13.3 Å². The van der Waals surface area contributed by atoms with Crippen LogP contribution in [0, 0.1) is 0 Å². The third kappa shape index (κ3) is 4.30. The molecule has 2 N–H and O–H groups in total. The van der Waals surface area contributed by atoms with Crippen LogP contribution in [0.2, 0.25) is 0 Å². The zero-order valence-electron chi connectivity index (χ0n) is 10.7. The molecule has 1 aromatic rings. The number of amides is 1. The fraction of sp³-hybridized carbons (Fsp3) is 0.500. The molecule has 0 radical (unpaired) electrons. The fourth-order valence-corrected chi connectivity index (χ4v) is 1.39. The van der Waals surface area contributed by atoms with E-state index in [1.54, 1.807) is 0 Å². The third-order valence-corrected chi connectivity index (χ3v) is 2.33. The Bertz CT molecular complexity index is 367. The number of aromatic nitrogens is 1. The molecule has 0 aromatic carbocycles. The quantitative estimate of drug-likeness (QED) is 0.776. The summed E-state index contributed by atoms with van der Waals surface area (Å²) in [5.41, 5.74) is 0. The summed E-state index contributed by atoms with van der Waals surface area (Å²) in [6.45, 7) is 3.07. The predicted molar refractivity (Wildman–Crippen MR) is 70.4 cm³/mol. The molecule has 0 saturated heterocycles. The fourth-order valence-electron chi connectivity index (χ4n) is 1.39. The SMILES string of the molecule is CCCNC(=O)CN(C)c1cccc(NC)n1. The number of hydrogen-bond donors (Lipinski definition) is 2. The molecule has 17 heavy (non-hydrogen) atoms. The first kappa shape index (κ1) is 13.3. The highest BCUT2D eigenvalue weighted by atomic mass is 16.2. The van der Waals surface area contributed by atoms with E-state index in [0.717, 1.165) is 24.6 Å². The Hall–Kier alpha value is -1.78. The number of carbonyl (C=O) groups excluding carboxylic acids is 1. The minimum absolute atomic E-state index is 0.0195. The van der Waals surface area contributed by atoms with Crippen molar-refractivity contribution in [3.05, 3.63) is 18.2 Å². The maximum absolute atomic E-state index is 11.5. The summed E-state index contributed by atoms with van der Waals surface area (Å²) in [6.07, 6.45) is 0.947. The van der Waals surface area contributed by atoms with Crippen LogP contribution in [0.3, 0.4) is 0 Å². The van der Waals surface area contributed by atoms with E-state index in [2.05, 4.69) is 15.6 Å². The highest BCUT2D eigenvalue weighted by Gasteiger charge is 2.07. The van der Waals surface area contributed by atoms with Gasteiger partial charge in [0, 0.05) is 20.6 Å². The van der Waals surface area contributed by atoms with Gasteiger partial charge in [0.15, 0.2) is 0 Å². The van der Waals surface area contributed by atoms with Crippen LogP contribution in [0.15, 0.2) is 18.2 Å². The summed E-state index contributed by atoms with van der Waals surface area (Å²) >= 11 is 0. The molecule has 0 unspecified atom stereocenters. The van der Waals surface area contributed by atoms with Gasteiger partial charge in [0.25, 0.3) is 0 Å². The summed E-state index contributed by atoms with van der Waals surface area (Å²) in [6, 6.07) is 5.68. The second kappa shape index (κ2) is 6.73. The van der Waals surface area contributed by atoms with E-state index in [9.17, 15) is 4.79 Å². The van der Waals surface area contributed by atoms with Crippen LogP contribution in [0.5, 0.6) is 0 Å². The number of nitrogens with one attached hydrogen (secondary N) is 2. The van der Waals surface area contributed by atoms with Crippen LogP contribution < -0.4 is 15.5 Å². The molecule has 0 bridgehead atoms. The lowest BCUT2D eigenvalue weighted by molar-refractivity contribution is -0.119. The summed E-state index contributed by atoms with van der Waals surface area (Å²) in [7, 11) is 3.67. The van der Waals surface area contributed by atoms with Gasteiger partial charge in [-0.05, 0) is 18.6 Å². The molecule has 0 fully saturated rings. The molecule has 0 saturated carbocycles. The molecule has 0 aliphatic rings. The van der Waals surface area contributed by atoms with Crippen molar-refractivity contribution in [1.29, 1.82) is 0 Å². The van der Waals surface area contributed by atoms with Crippen molar-refractivity contribution in [2.24, 2.45) is 0 Å². The summed E-state index contributed by atoms with van der Waals surface area (Å²) in [5, 5.41) is 5.81. The second-order valence-electron chi connectivity index (χ2n) is 3.84. The van der Waals surface area contributed by atoms with Crippen molar-refractivity contribution >= 4 is 17.5 Å². The number of hydrogen-bond acceptors (Lipinski definition) is 4. The van der Waals surface area contributed by atoms with Crippen LogP contribution in [0.1, 0.15) is 13.3 Å². The van der Waals surface area contributed by atoms with E-state index in [1.165, 1.54) is 0 Å². The standard InChI is InChI=1S/C12H20N4O/c1-4-8-14-12(17)9-16(3)11-7-5-6-10(13-2)15-11/h5-7H,4,8-9H2,1-3H3,(H,13,15)(H,14,17). The van der Waals surface area contributed by atoms with Crippen LogP contribution in [-0.4, -0.2) is 38.1 Å². The van der Waals surface area contributed by atoms with Crippen molar-refractivity contribution in [1.82, 2.24) is 10.3 Å². The predicted octanol–water partition coefficient (Wildman–Crippen LogP) is 1.09. The number of anilines is 2. The Morgan fingerprint density at radius 3 is 2.88 bits per heavy atom. The molecule has 0 spiro atoms. The highest BCUT2D eigenvalue weighted by molar-refractivity contribution is 5.80. The second-order valence-corrected chi connectivity index (χ2v) is 3.84. The lowest BCUT2D eigenvalue weighted by Gasteiger charge is -2.18. The summed E-state index contributed by atoms with van der Waals surface area (Å²) in [5.74, 6) is 1.60. The van der Waals surface area contributed by atoms with Crippen molar-refractivity contribution < 1.29 is 4.79 Å². The monoisotopic (exact) mass is 236 g/mol. The number of pyridine rings is 1. The minimum atomic E-state index is 0.0195. The Morgan fingerprint density at radius 1 is 1.47 bits per heavy atom. The van der Waals surface area contributed by atoms with E-state index in [4.69, 9.17) is 0 Å². The molecular formula is C12H20N4O. The van der Waals surface area contributed by atoms with Gasteiger partial charge in [-0.15, -0.1) is 0 Å². The third-order valence-electron chi connectivity index (χ3n) is 2.33. The maximum atomic E-state index is 11.5. The molecule has 1 rings (SSSR count). The van der Waals surface area contributed by atoms with Gasteiger partial charge in [-0.2, -0.15) is 0 Å². The Kier molecular flexibility index (Phi) is 5.26. The molecule has 5 heteroatoms. The zero-order chi connectivity index (χ0) is 12.7. The minimum Gasteiger partial charge on any atom is -0.373 e. The molecule has 0 aliphatic carbocycles. The van der Waals surface area contributed by atoms with Crippen molar-refractivity contribution in [3.8, 4) is 0 Å². The lowest BCUT2D eigenvalue weighted by atomic mass is 10.4. The normalized spacial score (nSPS) is 9.82. The summed E-state index contributed by atoms with van der Waals surface area (Å²) < 4.78 is 0. The topological polar surface area (TPSA) is 57.3 Å². The van der Waals surface area contributed by atoms with Crippen molar-refractivity contribution in [3.63, 3.8) is 0 Å². The van der Waals surface area contributed by atoms with Gasteiger partial charge in [0.1, 0.15) is 11.6 Å². The zero-order valence-corrected chi connectivity index (χ0v) is 10.7. The molecule has 0 atom stereocenters. The number of likely N-dealkylation sites (N-methyl/N-ethyl adjacent to an activating group) is 1. The molecule has 0 aliphatic heterocycles. The average Bonchev–Trinajstić information content (AvgIpc) is 2.36. The summed E-state index contributed by atoms with van der Waals surface area (Å²) in [4.78, 5) is 17.7. The van der Waals surface area contributed by atoms with E-state index in [1.807, 2.05) is 44.1 Å². The van der Waals surface area contributed by atoms with E-state index >= 15 is 0 Å². The molecule has 5 nitrogen and oxygen atoms in total. The van der Waals surface area contributed by atoms with Crippen LogP contribution >= 0.6 is 0 Å². The number of nitrogens with zero attached hydrogens (tertiary/aromatic N) is 2. The van der Waals surface area contributed by atoms with Crippen LogP contribution in [0.25, 0.3) is 0 Å². The Morgan fingerprint density at radius 2 is 2.24 bits per heavy atom. The van der Waals surface area contributed by atoms with E-state index in [0.29, 0.717) is 6.54 Å². The van der Waals surface area contributed by atoms with Gasteiger partial charge >= 0.3 is 0 Å². The van der Waals surface area contributed by atoms with Crippen LogP contribution in [-0.2, 0) is 4.79 Å². The molecule has 94 valence electrons. The molecule has 1 aromatic heterocycles. The molecule has 1 amide bonds. The van der Waals surface area contributed by atoms with Crippen molar-refractivity contribution in [2.75, 3.05) is 37.4 Å². The van der Waals surface area contributed by atoms with Gasteiger partial charge in [-0.3, -0.25) is 4.79 Å². The van der Waals surface area contributed by atoms with E-state index < -0.39 is 0 Å². The van der Waals surface area contributed by atoms with Gasteiger partial charge in [-0.1, -0.05) is 13.0 Å². The first-order valence-electron chi connectivity index (χ1n) is 5.80. The molecular weight excluding hydrogens is 216 g/mol. The van der Waals surface area contributed by atoms with Gasteiger partial charge in [0.05, 0.1) is 6.54 Å². The Balaban J connectivity index is 2.56. The number of rotatable bonds is 6. The Labute approximate surface area is 102 Å². The first-order chi connectivity index (χ1) is 8.17. The maximum Gasteiger partial charge on any atom is 0.239 e. The molecule has 1 heterocycles. The van der Waals surface area contributed by atoms with Gasteiger partial charge in [0.2, 0.25) is 5.91 Å². The largest absolute Gasteiger partial charge is 0.373 e. The average molecular weight is 236 g/mol. The van der Waals surface area contributed by atoms with E-state index in [-0.39, 0.29) is 5.91 Å². The number of carbonyl (C=O) groups is 1. The van der Waals surface area contributed by atoms with Gasteiger partial charge in [-0.25, -0.2) is 4.98 Å². The highest BCUT2D eigenvalue weighted by Crippen LogP contribution is 2.11. The lowest BCUT2D eigenvalue weighted by Crippen LogP contribution is -2.35.